The Kier molecular flexibility index (Phi) is 4.88. The molecule has 0 bridgehead atoms. The van der Waals surface area contributed by atoms with Crippen LogP contribution in [0.1, 0.15) is 30.0 Å². The molecule has 1 heterocycles. The molecule has 0 spiro atoms. The average molecular weight is 336 g/mol. The molecule has 4 nitrogen and oxygen atoms in total. The molecule has 1 aliphatic rings. The van der Waals surface area contributed by atoms with Gasteiger partial charge in [-0.25, -0.2) is 0 Å². The van der Waals surface area contributed by atoms with Gasteiger partial charge in [0.15, 0.2) is 0 Å². The molecule has 2 amide bonds. The van der Waals surface area contributed by atoms with Crippen molar-refractivity contribution in [1.29, 1.82) is 0 Å². The Morgan fingerprint density at radius 1 is 1.12 bits per heavy atom. The number of anilines is 2. The van der Waals surface area contributed by atoms with Crippen LogP contribution in [0.3, 0.4) is 0 Å². The number of carbonyl (C=O) groups is 2. The van der Waals surface area contributed by atoms with Crippen LogP contribution in [0, 0.1) is 19.8 Å². The summed E-state index contributed by atoms with van der Waals surface area (Å²) >= 11 is 0. The molecule has 1 saturated heterocycles. The minimum absolute atomic E-state index is 0.0129. The molecule has 1 atom stereocenters. The Morgan fingerprint density at radius 2 is 1.76 bits per heavy atom. The molecule has 4 heteroatoms. The lowest BCUT2D eigenvalue weighted by Gasteiger charge is -2.21. The first-order chi connectivity index (χ1) is 12.0. The van der Waals surface area contributed by atoms with Gasteiger partial charge >= 0.3 is 0 Å². The molecular formula is C21H24N2O2. The first kappa shape index (κ1) is 17.2. The summed E-state index contributed by atoms with van der Waals surface area (Å²) in [6, 6.07) is 13.8. The largest absolute Gasteiger partial charge is 0.326 e. The third-order valence-corrected chi connectivity index (χ3v) is 4.83. The van der Waals surface area contributed by atoms with E-state index in [9.17, 15) is 9.59 Å². The van der Waals surface area contributed by atoms with Crippen molar-refractivity contribution in [2.24, 2.45) is 5.92 Å². The first-order valence-electron chi connectivity index (χ1n) is 8.76. The normalized spacial score (nSPS) is 17.0. The summed E-state index contributed by atoms with van der Waals surface area (Å²) in [5.74, 6) is -0.400. The fraction of sp³-hybridized carbons (Fsp3) is 0.333. The maximum Gasteiger partial charge on any atom is 0.229 e. The van der Waals surface area contributed by atoms with E-state index in [-0.39, 0.29) is 24.2 Å². The summed E-state index contributed by atoms with van der Waals surface area (Å²) < 4.78 is 0. The maximum absolute atomic E-state index is 12.6. The highest BCUT2D eigenvalue weighted by Gasteiger charge is 2.36. The molecule has 25 heavy (non-hydrogen) atoms. The van der Waals surface area contributed by atoms with Crippen molar-refractivity contribution >= 4 is 23.2 Å². The summed E-state index contributed by atoms with van der Waals surface area (Å²) in [7, 11) is 0. The van der Waals surface area contributed by atoms with E-state index in [2.05, 4.69) is 12.2 Å². The van der Waals surface area contributed by atoms with Gasteiger partial charge in [-0.1, -0.05) is 37.3 Å². The standard InChI is InChI=1S/C21H24N2O2/c1-4-16-8-10-18(11-9-16)22-21(25)17-12-19(24)23(13-17)20-14(2)6-5-7-15(20)3/h5-11,17H,4,12-13H2,1-3H3,(H,22,25)/t17-/m0/s1. The van der Waals surface area contributed by atoms with Gasteiger partial charge in [0.05, 0.1) is 5.92 Å². The van der Waals surface area contributed by atoms with E-state index in [0.717, 1.165) is 28.9 Å². The van der Waals surface area contributed by atoms with E-state index >= 15 is 0 Å². The van der Waals surface area contributed by atoms with Crippen molar-refractivity contribution in [2.45, 2.75) is 33.6 Å². The number of rotatable bonds is 4. The Balaban J connectivity index is 1.72. The number of hydrogen-bond donors (Lipinski definition) is 1. The second-order valence-corrected chi connectivity index (χ2v) is 6.69. The average Bonchev–Trinajstić information content (AvgIpc) is 2.97. The van der Waals surface area contributed by atoms with Crippen LogP contribution in [0.5, 0.6) is 0 Å². The molecule has 0 saturated carbocycles. The smallest absolute Gasteiger partial charge is 0.229 e. The molecule has 1 aliphatic heterocycles. The summed E-state index contributed by atoms with van der Waals surface area (Å²) in [6.07, 6.45) is 1.22. The van der Waals surface area contributed by atoms with Crippen LogP contribution in [0.4, 0.5) is 11.4 Å². The third kappa shape index (κ3) is 3.58. The fourth-order valence-corrected chi connectivity index (χ4v) is 3.40. The molecule has 2 aromatic rings. The lowest BCUT2D eigenvalue weighted by atomic mass is 10.1. The Labute approximate surface area is 148 Å². The molecule has 1 fully saturated rings. The molecule has 0 radical (unpaired) electrons. The summed E-state index contributed by atoms with van der Waals surface area (Å²) in [5, 5.41) is 2.94. The molecule has 2 aromatic carbocycles. The third-order valence-electron chi connectivity index (χ3n) is 4.83. The zero-order chi connectivity index (χ0) is 18.0. The van der Waals surface area contributed by atoms with E-state index in [1.165, 1.54) is 5.56 Å². The quantitative estimate of drug-likeness (QED) is 0.922. The van der Waals surface area contributed by atoms with Crippen LogP contribution in [0.15, 0.2) is 42.5 Å². The van der Waals surface area contributed by atoms with E-state index in [4.69, 9.17) is 0 Å². The van der Waals surface area contributed by atoms with Crippen molar-refractivity contribution in [2.75, 3.05) is 16.8 Å². The number of nitrogens with one attached hydrogen (secondary N) is 1. The number of carbonyl (C=O) groups excluding carboxylic acids is 2. The molecule has 0 aliphatic carbocycles. The van der Waals surface area contributed by atoms with Crippen LogP contribution in [-0.4, -0.2) is 18.4 Å². The highest BCUT2D eigenvalue weighted by Crippen LogP contribution is 2.31. The molecular weight excluding hydrogens is 312 g/mol. The number of aryl methyl sites for hydroxylation is 3. The molecule has 1 N–H and O–H groups in total. The van der Waals surface area contributed by atoms with E-state index in [0.29, 0.717) is 6.54 Å². The van der Waals surface area contributed by atoms with Gasteiger partial charge in [-0.2, -0.15) is 0 Å². The van der Waals surface area contributed by atoms with Gasteiger partial charge in [-0.3, -0.25) is 9.59 Å². The van der Waals surface area contributed by atoms with Crippen molar-refractivity contribution in [1.82, 2.24) is 0 Å². The molecule has 0 unspecified atom stereocenters. The Morgan fingerprint density at radius 3 is 2.36 bits per heavy atom. The molecule has 0 aromatic heterocycles. The van der Waals surface area contributed by atoms with Gasteiger partial charge in [0, 0.05) is 24.3 Å². The topological polar surface area (TPSA) is 49.4 Å². The maximum atomic E-state index is 12.6. The predicted molar refractivity (Wildman–Crippen MR) is 101 cm³/mol. The van der Waals surface area contributed by atoms with Gasteiger partial charge in [0.1, 0.15) is 0 Å². The SMILES string of the molecule is CCc1ccc(NC(=O)[C@H]2CC(=O)N(c3c(C)cccc3C)C2)cc1. The monoisotopic (exact) mass is 336 g/mol. The van der Waals surface area contributed by atoms with Gasteiger partial charge < -0.3 is 10.2 Å². The van der Waals surface area contributed by atoms with Gasteiger partial charge in [-0.15, -0.1) is 0 Å². The summed E-state index contributed by atoms with van der Waals surface area (Å²) in [5.41, 5.74) is 5.07. The second kappa shape index (κ2) is 7.09. The summed E-state index contributed by atoms with van der Waals surface area (Å²) in [4.78, 5) is 26.8. The van der Waals surface area contributed by atoms with Crippen LogP contribution in [0.25, 0.3) is 0 Å². The highest BCUT2D eigenvalue weighted by atomic mass is 16.2. The van der Waals surface area contributed by atoms with Crippen LogP contribution < -0.4 is 10.2 Å². The van der Waals surface area contributed by atoms with E-state index in [1.54, 1.807) is 4.90 Å². The molecule has 3 rings (SSSR count). The lowest BCUT2D eigenvalue weighted by molar-refractivity contribution is -0.122. The van der Waals surface area contributed by atoms with Gasteiger partial charge in [0.25, 0.3) is 0 Å². The minimum atomic E-state index is -0.322. The minimum Gasteiger partial charge on any atom is -0.326 e. The number of amides is 2. The number of benzene rings is 2. The number of nitrogens with zero attached hydrogens (tertiary/aromatic N) is 1. The van der Waals surface area contributed by atoms with Gasteiger partial charge in [-0.05, 0) is 49.1 Å². The van der Waals surface area contributed by atoms with E-state index < -0.39 is 0 Å². The van der Waals surface area contributed by atoms with Crippen molar-refractivity contribution in [3.05, 3.63) is 59.2 Å². The zero-order valence-corrected chi connectivity index (χ0v) is 15.0. The molecule has 130 valence electrons. The van der Waals surface area contributed by atoms with Crippen LogP contribution in [-0.2, 0) is 16.0 Å². The predicted octanol–water partition coefficient (Wildman–Crippen LogP) is 3.86. The van der Waals surface area contributed by atoms with Crippen molar-refractivity contribution < 1.29 is 9.59 Å². The lowest BCUT2D eigenvalue weighted by Crippen LogP contribution is -2.29. The van der Waals surface area contributed by atoms with Crippen LogP contribution >= 0.6 is 0 Å². The van der Waals surface area contributed by atoms with Crippen molar-refractivity contribution in [3.8, 4) is 0 Å². The Hall–Kier alpha value is -2.62. The van der Waals surface area contributed by atoms with Gasteiger partial charge in [0.2, 0.25) is 11.8 Å². The van der Waals surface area contributed by atoms with Crippen molar-refractivity contribution in [3.63, 3.8) is 0 Å². The first-order valence-corrected chi connectivity index (χ1v) is 8.76. The highest BCUT2D eigenvalue weighted by molar-refractivity contribution is 6.04. The van der Waals surface area contributed by atoms with Crippen LogP contribution in [0.2, 0.25) is 0 Å². The van der Waals surface area contributed by atoms with E-state index in [1.807, 2.05) is 56.3 Å². The number of para-hydroxylation sites is 1. The fourth-order valence-electron chi connectivity index (χ4n) is 3.40. The second-order valence-electron chi connectivity index (χ2n) is 6.69. The zero-order valence-electron chi connectivity index (χ0n) is 15.0. The summed E-state index contributed by atoms with van der Waals surface area (Å²) in [6.45, 7) is 6.53. The Bertz CT molecular complexity index is 776. The number of hydrogen-bond acceptors (Lipinski definition) is 2.